The van der Waals surface area contributed by atoms with E-state index in [1.165, 1.54) is 0 Å². The first-order valence-electron chi connectivity index (χ1n) is 3.52. The first kappa shape index (κ1) is 8.59. The van der Waals surface area contributed by atoms with Gasteiger partial charge < -0.3 is 4.74 Å². The van der Waals surface area contributed by atoms with Crippen LogP contribution in [0.4, 0.5) is 10.5 Å². The molecule has 1 amide bonds. The monoisotopic (exact) mass is 164 g/mol. The lowest BCUT2D eigenvalue weighted by Crippen LogP contribution is -2.09. The van der Waals surface area contributed by atoms with Gasteiger partial charge in [0.1, 0.15) is 7.11 Å². The Morgan fingerprint density at radius 1 is 1.42 bits per heavy atom. The third kappa shape index (κ3) is 2.27. The van der Waals surface area contributed by atoms with Crippen molar-refractivity contribution in [2.75, 3.05) is 5.32 Å². The maximum atomic E-state index is 10.7. The van der Waals surface area contributed by atoms with Gasteiger partial charge >= 0.3 is 6.09 Å². The van der Waals surface area contributed by atoms with Gasteiger partial charge in [-0.15, -0.1) is 0 Å². The summed E-state index contributed by atoms with van der Waals surface area (Å²) in [7, 11) is 2.99. The summed E-state index contributed by atoms with van der Waals surface area (Å²) in [6.45, 7) is 1.98. The first-order chi connectivity index (χ1) is 5.72. The minimum atomic E-state index is -0.557. The number of nitrogens with one attached hydrogen (secondary N) is 1. The van der Waals surface area contributed by atoms with Crippen molar-refractivity contribution in [3.8, 4) is 0 Å². The van der Waals surface area contributed by atoms with Gasteiger partial charge in [-0.25, -0.2) is 4.79 Å². The number of carbonyl (C=O) groups is 1. The molecule has 0 atom stereocenters. The summed E-state index contributed by atoms with van der Waals surface area (Å²) in [6.07, 6.45) is -0.557. The molecule has 3 heteroatoms. The molecule has 3 nitrogen and oxygen atoms in total. The van der Waals surface area contributed by atoms with Crippen molar-refractivity contribution in [1.29, 1.82) is 0 Å². The fraction of sp³-hybridized carbons (Fsp3) is 0.111. The van der Waals surface area contributed by atoms with Crippen molar-refractivity contribution in [2.45, 2.75) is 6.92 Å². The van der Waals surface area contributed by atoms with Gasteiger partial charge in [0.25, 0.3) is 0 Å². The summed E-state index contributed by atoms with van der Waals surface area (Å²) in [5.41, 5.74) is 1.85. The second-order valence-electron chi connectivity index (χ2n) is 2.42. The highest BCUT2D eigenvalue weighted by molar-refractivity contribution is 5.84. The Morgan fingerprint density at radius 3 is 2.50 bits per heavy atom. The van der Waals surface area contributed by atoms with Gasteiger partial charge in [-0.1, -0.05) is 17.7 Å². The van der Waals surface area contributed by atoms with Crippen molar-refractivity contribution in [3.05, 3.63) is 36.9 Å². The molecule has 0 fully saturated rings. The molecular weight excluding hydrogens is 154 g/mol. The van der Waals surface area contributed by atoms with E-state index >= 15 is 0 Å². The Labute approximate surface area is 71.4 Å². The first-order valence-corrected chi connectivity index (χ1v) is 3.52. The largest absolute Gasteiger partial charge is 0.446 e. The van der Waals surface area contributed by atoms with Crippen LogP contribution >= 0.6 is 0 Å². The van der Waals surface area contributed by atoms with Crippen molar-refractivity contribution >= 4 is 11.8 Å². The average molecular weight is 164 g/mol. The third-order valence-electron chi connectivity index (χ3n) is 1.43. The summed E-state index contributed by atoms with van der Waals surface area (Å²) >= 11 is 0. The Kier molecular flexibility index (Phi) is 2.69. The number of hydrogen-bond acceptors (Lipinski definition) is 2. The highest BCUT2D eigenvalue weighted by Crippen LogP contribution is 2.08. The Hall–Kier alpha value is -1.51. The molecule has 1 aromatic rings. The second-order valence-corrected chi connectivity index (χ2v) is 2.42. The van der Waals surface area contributed by atoms with E-state index in [9.17, 15) is 4.79 Å². The van der Waals surface area contributed by atoms with E-state index in [0.717, 1.165) is 5.56 Å². The van der Waals surface area contributed by atoms with Gasteiger partial charge in [0.2, 0.25) is 0 Å². The molecule has 0 heterocycles. The smallest absolute Gasteiger partial charge is 0.411 e. The molecule has 0 aromatic heterocycles. The maximum absolute atomic E-state index is 10.7. The fourth-order valence-corrected chi connectivity index (χ4v) is 0.791. The van der Waals surface area contributed by atoms with E-state index < -0.39 is 6.09 Å². The number of rotatable bonds is 1. The van der Waals surface area contributed by atoms with Crippen molar-refractivity contribution < 1.29 is 9.53 Å². The van der Waals surface area contributed by atoms with Gasteiger partial charge in [0.15, 0.2) is 0 Å². The highest BCUT2D eigenvalue weighted by Gasteiger charge is 1.98. The van der Waals surface area contributed by atoms with Crippen molar-refractivity contribution in [3.63, 3.8) is 0 Å². The molecule has 0 aliphatic carbocycles. The second kappa shape index (κ2) is 3.76. The van der Waals surface area contributed by atoms with Crippen molar-refractivity contribution in [1.82, 2.24) is 0 Å². The van der Waals surface area contributed by atoms with E-state index in [0.29, 0.717) is 5.69 Å². The Balaban J connectivity index is 2.64. The number of aryl methyl sites for hydroxylation is 1. The van der Waals surface area contributed by atoms with E-state index in [4.69, 9.17) is 0 Å². The molecule has 0 unspecified atom stereocenters. The maximum Gasteiger partial charge on any atom is 0.411 e. The van der Waals surface area contributed by atoms with Gasteiger partial charge in [0.05, 0.1) is 0 Å². The normalized spacial score (nSPS) is 9.17. The number of hydrogen-bond donors (Lipinski definition) is 1. The lowest BCUT2D eigenvalue weighted by atomic mass is 10.2. The molecule has 0 bridgehead atoms. The van der Waals surface area contributed by atoms with Crippen LogP contribution in [0.2, 0.25) is 0 Å². The van der Waals surface area contributed by atoms with Crippen LogP contribution in [-0.4, -0.2) is 6.09 Å². The quantitative estimate of drug-likeness (QED) is 0.691. The summed E-state index contributed by atoms with van der Waals surface area (Å²) in [5, 5.41) is 2.50. The SMILES string of the molecule is [CH2]OC(=O)Nc1ccc(C)cc1. The molecule has 0 saturated carbocycles. The molecule has 0 aliphatic rings. The lowest BCUT2D eigenvalue weighted by molar-refractivity contribution is 0.199. The molecule has 0 aliphatic heterocycles. The van der Waals surface area contributed by atoms with Crippen LogP contribution in [0.5, 0.6) is 0 Å². The Morgan fingerprint density at radius 2 is 2.00 bits per heavy atom. The number of anilines is 1. The summed E-state index contributed by atoms with van der Waals surface area (Å²) < 4.78 is 4.18. The molecule has 1 aromatic carbocycles. The molecule has 63 valence electrons. The number of ether oxygens (including phenoxy) is 1. The number of amides is 1. The zero-order chi connectivity index (χ0) is 8.97. The van der Waals surface area contributed by atoms with Crippen molar-refractivity contribution in [2.24, 2.45) is 0 Å². The van der Waals surface area contributed by atoms with Gasteiger partial charge in [-0.3, -0.25) is 5.32 Å². The Bertz CT molecular complexity index is 266. The minimum Gasteiger partial charge on any atom is -0.446 e. The lowest BCUT2D eigenvalue weighted by Gasteiger charge is -2.02. The third-order valence-corrected chi connectivity index (χ3v) is 1.43. The predicted octanol–water partition coefficient (Wildman–Crippen LogP) is 2.34. The summed E-state index contributed by atoms with van der Waals surface area (Å²) in [4.78, 5) is 10.7. The summed E-state index contributed by atoms with van der Waals surface area (Å²) in [6, 6.07) is 7.40. The zero-order valence-electron chi connectivity index (χ0n) is 6.83. The standard InChI is InChI=1S/C9H10NO2/c1-7-3-5-8(6-4-7)10-9(11)12-2/h3-6H,2H2,1H3,(H,10,11). The number of carbonyl (C=O) groups excluding carboxylic acids is 1. The fourth-order valence-electron chi connectivity index (χ4n) is 0.791. The van der Waals surface area contributed by atoms with Crippen LogP contribution in [0.15, 0.2) is 24.3 Å². The average Bonchev–Trinajstić information content (AvgIpc) is 2.09. The van der Waals surface area contributed by atoms with Gasteiger partial charge in [0, 0.05) is 5.69 Å². The molecule has 0 spiro atoms. The zero-order valence-corrected chi connectivity index (χ0v) is 6.83. The van der Waals surface area contributed by atoms with E-state index in [2.05, 4.69) is 17.2 Å². The van der Waals surface area contributed by atoms with Gasteiger partial charge in [-0.05, 0) is 19.1 Å². The van der Waals surface area contributed by atoms with E-state index in [1.807, 2.05) is 19.1 Å². The molecular formula is C9H10NO2. The molecule has 0 saturated heterocycles. The van der Waals surface area contributed by atoms with Crippen LogP contribution < -0.4 is 5.32 Å². The van der Waals surface area contributed by atoms with Crippen LogP contribution in [0.25, 0.3) is 0 Å². The molecule has 1 rings (SSSR count). The molecule has 1 N–H and O–H groups in total. The van der Waals surface area contributed by atoms with Crippen LogP contribution in [0.3, 0.4) is 0 Å². The van der Waals surface area contributed by atoms with E-state index in [-0.39, 0.29) is 0 Å². The van der Waals surface area contributed by atoms with Crippen LogP contribution in [0.1, 0.15) is 5.56 Å². The number of benzene rings is 1. The highest BCUT2D eigenvalue weighted by atomic mass is 16.5. The molecule has 12 heavy (non-hydrogen) atoms. The van der Waals surface area contributed by atoms with Gasteiger partial charge in [-0.2, -0.15) is 0 Å². The predicted molar refractivity (Wildman–Crippen MR) is 46.6 cm³/mol. The van der Waals surface area contributed by atoms with Crippen LogP contribution in [0, 0.1) is 14.0 Å². The minimum absolute atomic E-state index is 0.557. The van der Waals surface area contributed by atoms with E-state index in [1.54, 1.807) is 12.1 Å². The molecule has 1 radical (unpaired) electrons. The summed E-state index contributed by atoms with van der Waals surface area (Å²) in [5.74, 6) is 0. The van der Waals surface area contributed by atoms with Crippen LogP contribution in [-0.2, 0) is 4.74 Å². The topological polar surface area (TPSA) is 38.3 Å².